The number of amides is 1. The number of nitrogens with two attached hydrogens (primary N) is 1. The molecule has 0 aliphatic carbocycles. The summed E-state index contributed by atoms with van der Waals surface area (Å²) in [6.45, 7) is 3.90. The van der Waals surface area contributed by atoms with Crippen molar-refractivity contribution in [3.8, 4) is 11.4 Å². The number of nitrogens with zero attached hydrogens (tertiary/aromatic N) is 3. The van der Waals surface area contributed by atoms with Crippen LogP contribution in [0.15, 0.2) is 54.7 Å². The highest BCUT2D eigenvalue weighted by molar-refractivity contribution is 6.04. The number of hydrogen-bond donors (Lipinski definition) is 4. The number of anilines is 3. The molecule has 2 heterocycles. The molecule has 2 aromatic heterocycles. The summed E-state index contributed by atoms with van der Waals surface area (Å²) in [4.78, 5) is 25.8. The fraction of sp³-hybridized carbons (Fsp3) is 0.238. The molecule has 0 radical (unpaired) electrons. The normalized spacial score (nSPS) is 11.9. The SMILES string of the molecule is CC(C)[C@@H](CO)Nc1nc(NC(=O)c2cccc(N)c2)cc(-c2ccccn2)n1. The summed E-state index contributed by atoms with van der Waals surface area (Å²) in [7, 11) is 0. The van der Waals surface area contributed by atoms with Crippen LogP contribution >= 0.6 is 0 Å². The van der Waals surface area contributed by atoms with Crippen molar-refractivity contribution in [2.45, 2.75) is 19.9 Å². The highest BCUT2D eigenvalue weighted by atomic mass is 16.3. The number of carbonyl (C=O) groups excluding carboxylic acids is 1. The van der Waals surface area contributed by atoms with Gasteiger partial charge in [0.25, 0.3) is 5.91 Å². The zero-order valence-corrected chi connectivity index (χ0v) is 16.3. The molecule has 0 unspecified atom stereocenters. The van der Waals surface area contributed by atoms with E-state index in [1.807, 2.05) is 32.0 Å². The summed E-state index contributed by atoms with van der Waals surface area (Å²) in [5, 5.41) is 15.5. The first-order chi connectivity index (χ1) is 14.0. The van der Waals surface area contributed by atoms with Gasteiger partial charge in [-0.1, -0.05) is 26.0 Å². The first-order valence-electron chi connectivity index (χ1n) is 9.31. The van der Waals surface area contributed by atoms with Crippen LogP contribution in [-0.4, -0.2) is 38.6 Å². The Morgan fingerprint density at radius 3 is 2.59 bits per heavy atom. The molecule has 3 aromatic rings. The van der Waals surface area contributed by atoms with E-state index in [-0.39, 0.29) is 24.5 Å². The number of nitrogens with one attached hydrogen (secondary N) is 2. The van der Waals surface area contributed by atoms with Crippen LogP contribution in [0.25, 0.3) is 11.4 Å². The second kappa shape index (κ2) is 9.11. The van der Waals surface area contributed by atoms with E-state index in [9.17, 15) is 9.90 Å². The molecular formula is C21H24N6O2. The maximum absolute atomic E-state index is 12.6. The van der Waals surface area contributed by atoms with Crippen LogP contribution < -0.4 is 16.4 Å². The van der Waals surface area contributed by atoms with Gasteiger partial charge in [0.05, 0.1) is 24.0 Å². The average Bonchev–Trinajstić information content (AvgIpc) is 2.72. The first-order valence-corrected chi connectivity index (χ1v) is 9.31. The highest BCUT2D eigenvalue weighted by Gasteiger charge is 2.16. The summed E-state index contributed by atoms with van der Waals surface area (Å²) in [6, 6.07) is 13.6. The minimum atomic E-state index is -0.337. The largest absolute Gasteiger partial charge is 0.399 e. The minimum Gasteiger partial charge on any atom is -0.399 e. The molecule has 0 fully saturated rings. The van der Waals surface area contributed by atoms with Gasteiger partial charge in [-0.2, -0.15) is 4.98 Å². The molecule has 0 bridgehead atoms. The lowest BCUT2D eigenvalue weighted by molar-refractivity contribution is 0.102. The van der Waals surface area contributed by atoms with Gasteiger partial charge in [-0.25, -0.2) is 4.98 Å². The summed E-state index contributed by atoms with van der Waals surface area (Å²) >= 11 is 0. The topological polar surface area (TPSA) is 126 Å². The maximum atomic E-state index is 12.6. The first kappa shape index (κ1) is 20.2. The van der Waals surface area contributed by atoms with Crippen molar-refractivity contribution in [1.82, 2.24) is 15.0 Å². The number of carbonyl (C=O) groups is 1. The molecular weight excluding hydrogens is 368 g/mol. The standard InChI is InChI=1S/C21H24N6O2/c1-13(2)18(12-28)25-21-24-17(16-8-3-4-9-23-16)11-19(27-21)26-20(29)14-6-5-7-15(22)10-14/h3-11,13,18,28H,12,22H2,1-2H3,(H2,24,25,26,27,29)/t18-/m1/s1. The molecule has 29 heavy (non-hydrogen) atoms. The van der Waals surface area contributed by atoms with Crippen LogP contribution in [0.4, 0.5) is 17.5 Å². The molecule has 1 aromatic carbocycles. The number of nitrogen functional groups attached to an aromatic ring is 1. The van der Waals surface area contributed by atoms with Crippen LogP contribution in [0.1, 0.15) is 24.2 Å². The second-order valence-electron chi connectivity index (χ2n) is 6.93. The summed E-state index contributed by atoms with van der Waals surface area (Å²) in [6.07, 6.45) is 1.67. The second-order valence-corrected chi connectivity index (χ2v) is 6.93. The van der Waals surface area contributed by atoms with Crippen LogP contribution in [0.2, 0.25) is 0 Å². The predicted octanol–water partition coefficient (Wildman–Crippen LogP) is 2.80. The molecule has 8 nitrogen and oxygen atoms in total. The fourth-order valence-electron chi connectivity index (χ4n) is 2.68. The lowest BCUT2D eigenvalue weighted by Gasteiger charge is -2.20. The van der Waals surface area contributed by atoms with Gasteiger partial charge < -0.3 is 21.5 Å². The maximum Gasteiger partial charge on any atom is 0.256 e. The third-order valence-electron chi connectivity index (χ3n) is 4.36. The van der Waals surface area contributed by atoms with E-state index in [0.717, 1.165) is 0 Å². The third kappa shape index (κ3) is 5.26. The molecule has 8 heteroatoms. The zero-order chi connectivity index (χ0) is 20.8. The average molecular weight is 392 g/mol. The lowest BCUT2D eigenvalue weighted by atomic mass is 10.1. The van der Waals surface area contributed by atoms with E-state index in [0.29, 0.717) is 34.4 Å². The van der Waals surface area contributed by atoms with E-state index in [4.69, 9.17) is 5.73 Å². The van der Waals surface area contributed by atoms with Gasteiger partial charge in [0, 0.05) is 23.5 Å². The van der Waals surface area contributed by atoms with E-state index in [1.54, 1.807) is 36.5 Å². The number of pyridine rings is 1. The van der Waals surface area contributed by atoms with Gasteiger partial charge in [0.2, 0.25) is 5.95 Å². The van der Waals surface area contributed by atoms with Gasteiger partial charge >= 0.3 is 0 Å². The van der Waals surface area contributed by atoms with Crippen molar-refractivity contribution < 1.29 is 9.90 Å². The molecule has 1 atom stereocenters. The number of aromatic nitrogens is 3. The van der Waals surface area contributed by atoms with Crippen molar-refractivity contribution in [1.29, 1.82) is 0 Å². The van der Waals surface area contributed by atoms with Gasteiger partial charge in [0.15, 0.2) is 0 Å². The van der Waals surface area contributed by atoms with Gasteiger partial charge in [-0.15, -0.1) is 0 Å². The Hall–Kier alpha value is -3.52. The van der Waals surface area contributed by atoms with Gasteiger partial charge in [-0.05, 0) is 36.2 Å². The summed E-state index contributed by atoms with van der Waals surface area (Å²) in [5.74, 6) is 0.434. The molecule has 3 rings (SSSR count). The highest BCUT2D eigenvalue weighted by Crippen LogP contribution is 2.21. The monoisotopic (exact) mass is 392 g/mol. The Kier molecular flexibility index (Phi) is 6.36. The minimum absolute atomic E-state index is 0.0696. The Morgan fingerprint density at radius 2 is 1.93 bits per heavy atom. The van der Waals surface area contributed by atoms with Crippen molar-refractivity contribution in [2.75, 3.05) is 23.0 Å². The van der Waals surface area contributed by atoms with E-state index < -0.39 is 0 Å². The van der Waals surface area contributed by atoms with Crippen molar-refractivity contribution >= 4 is 23.4 Å². The molecule has 0 aliphatic heterocycles. The molecule has 0 saturated carbocycles. The Labute approximate surface area is 169 Å². The number of rotatable bonds is 7. The quantitative estimate of drug-likeness (QED) is 0.455. The van der Waals surface area contributed by atoms with Crippen LogP contribution in [0.3, 0.4) is 0 Å². The van der Waals surface area contributed by atoms with Crippen molar-refractivity contribution in [2.24, 2.45) is 5.92 Å². The van der Waals surface area contributed by atoms with Gasteiger partial charge in [-0.3, -0.25) is 9.78 Å². The Bertz CT molecular complexity index is 978. The molecule has 0 saturated heterocycles. The van der Waals surface area contributed by atoms with E-state index in [2.05, 4.69) is 25.6 Å². The fourth-order valence-corrected chi connectivity index (χ4v) is 2.68. The lowest BCUT2D eigenvalue weighted by Crippen LogP contribution is -2.30. The Morgan fingerprint density at radius 1 is 1.10 bits per heavy atom. The van der Waals surface area contributed by atoms with Crippen LogP contribution in [-0.2, 0) is 0 Å². The Balaban J connectivity index is 1.94. The zero-order valence-electron chi connectivity index (χ0n) is 16.3. The van der Waals surface area contributed by atoms with E-state index >= 15 is 0 Å². The number of hydrogen-bond acceptors (Lipinski definition) is 7. The van der Waals surface area contributed by atoms with Crippen LogP contribution in [0.5, 0.6) is 0 Å². The van der Waals surface area contributed by atoms with Crippen LogP contribution in [0, 0.1) is 5.92 Å². The number of aliphatic hydroxyl groups is 1. The third-order valence-corrected chi connectivity index (χ3v) is 4.36. The molecule has 0 aliphatic rings. The number of aliphatic hydroxyl groups excluding tert-OH is 1. The van der Waals surface area contributed by atoms with Crippen molar-refractivity contribution in [3.05, 3.63) is 60.3 Å². The molecule has 150 valence electrons. The smallest absolute Gasteiger partial charge is 0.256 e. The summed E-state index contributed by atoms with van der Waals surface area (Å²) < 4.78 is 0. The number of benzene rings is 1. The van der Waals surface area contributed by atoms with E-state index in [1.165, 1.54) is 0 Å². The molecule has 5 N–H and O–H groups in total. The van der Waals surface area contributed by atoms with Crippen molar-refractivity contribution in [3.63, 3.8) is 0 Å². The summed E-state index contributed by atoms with van der Waals surface area (Å²) in [5.41, 5.74) is 7.88. The molecule has 0 spiro atoms. The predicted molar refractivity (Wildman–Crippen MR) is 113 cm³/mol. The van der Waals surface area contributed by atoms with Gasteiger partial charge in [0.1, 0.15) is 5.82 Å². The molecule has 1 amide bonds.